The number of anilines is 1. The number of aromatic nitrogens is 1. The van der Waals surface area contributed by atoms with Crippen LogP contribution in [0, 0.1) is 5.82 Å². The van der Waals surface area contributed by atoms with E-state index in [9.17, 15) is 4.39 Å². The van der Waals surface area contributed by atoms with Crippen molar-refractivity contribution in [3.8, 4) is 0 Å². The molecule has 3 nitrogen and oxygen atoms in total. The van der Waals surface area contributed by atoms with Crippen LogP contribution in [0.5, 0.6) is 0 Å². The fourth-order valence-electron chi connectivity index (χ4n) is 2.05. The van der Waals surface area contributed by atoms with Crippen molar-refractivity contribution in [1.82, 2.24) is 10.3 Å². The van der Waals surface area contributed by atoms with Crippen LogP contribution in [0.2, 0.25) is 0 Å². The summed E-state index contributed by atoms with van der Waals surface area (Å²) in [6, 6.07) is 13.0. The molecule has 21 heavy (non-hydrogen) atoms. The van der Waals surface area contributed by atoms with E-state index < -0.39 is 0 Å². The van der Waals surface area contributed by atoms with Crippen molar-refractivity contribution in [2.24, 2.45) is 0 Å². The number of benzene rings is 1. The van der Waals surface area contributed by atoms with Crippen LogP contribution in [0.25, 0.3) is 0 Å². The van der Waals surface area contributed by atoms with E-state index in [4.69, 9.17) is 0 Å². The van der Waals surface area contributed by atoms with E-state index in [-0.39, 0.29) is 5.82 Å². The van der Waals surface area contributed by atoms with Gasteiger partial charge in [0.2, 0.25) is 0 Å². The van der Waals surface area contributed by atoms with E-state index in [1.165, 1.54) is 12.1 Å². The van der Waals surface area contributed by atoms with Crippen molar-refractivity contribution in [3.63, 3.8) is 0 Å². The molecule has 2 rings (SSSR count). The predicted molar refractivity (Wildman–Crippen MR) is 84.7 cm³/mol. The SMILES string of the molecule is CC(C)NCc1cccc(CN(C)c2ccc(F)cc2)n1. The summed E-state index contributed by atoms with van der Waals surface area (Å²) in [5.74, 6) is -0.216. The molecule has 4 heteroatoms. The smallest absolute Gasteiger partial charge is 0.123 e. The topological polar surface area (TPSA) is 28.2 Å². The van der Waals surface area contributed by atoms with Crippen LogP contribution < -0.4 is 10.2 Å². The summed E-state index contributed by atoms with van der Waals surface area (Å²) >= 11 is 0. The van der Waals surface area contributed by atoms with Gasteiger partial charge in [-0.15, -0.1) is 0 Å². The first kappa shape index (κ1) is 15.4. The standard InChI is InChI=1S/C17H22FN3/c1-13(2)19-11-15-5-4-6-16(20-15)12-21(3)17-9-7-14(18)8-10-17/h4-10,13,19H,11-12H2,1-3H3. The normalized spacial score (nSPS) is 10.9. The van der Waals surface area contributed by atoms with Gasteiger partial charge >= 0.3 is 0 Å². The minimum absolute atomic E-state index is 0.216. The molecule has 0 saturated heterocycles. The van der Waals surface area contributed by atoms with E-state index >= 15 is 0 Å². The van der Waals surface area contributed by atoms with Gasteiger partial charge in [0.05, 0.1) is 17.9 Å². The zero-order chi connectivity index (χ0) is 15.2. The molecule has 112 valence electrons. The minimum atomic E-state index is -0.216. The highest BCUT2D eigenvalue weighted by Gasteiger charge is 2.05. The molecule has 0 aliphatic rings. The maximum Gasteiger partial charge on any atom is 0.123 e. The minimum Gasteiger partial charge on any atom is -0.369 e. The first-order chi connectivity index (χ1) is 10.0. The monoisotopic (exact) mass is 287 g/mol. The van der Waals surface area contributed by atoms with Gasteiger partial charge in [-0.3, -0.25) is 4.98 Å². The largest absolute Gasteiger partial charge is 0.369 e. The van der Waals surface area contributed by atoms with Gasteiger partial charge in [-0.2, -0.15) is 0 Å². The number of nitrogens with one attached hydrogen (secondary N) is 1. The third-order valence-corrected chi connectivity index (χ3v) is 3.22. The van der Waals surface area contributed by atoms with Crippen LogP contribution >= 0.6 is 0 Å². The van der Waals surface area contributed by atoms with Crippen LogP contribution in [0.4, 0.5) is 10.1 Å². The third-order valence-electron chi connectivity index (χ3n) is 3.22. The molecular weight excluding hydrogens is 265 g/mol. The first-order valence-electron chi connectivity index (χ1n) is 7.19. The molecule has 1 heterocycles. The van der Waals surface area contributed by atoms with Crippen LogP contribution in [-0.4, -0.2) is 18.1 Å². The van der Waals surface area contributed by atoms with Crippen molar-refractivity contribution in [3.05, 3.63) is 59.7 Å². The second kappa shape index (κ2) is 7.18. The van der Waals surface area contributed by atoms with Crippen molar-refractivity contribution in [2.75, 3.05) is 11.9 Å². The zero-order valence-electron chi connectivity index (χ0n) is 12.8. The molecule has 0 aliphatic carbocycles. The summed E-state index contributed by atoms with van der Waals surface area (Å²) in [6.07, 6.45) is 0. The highest BCUT2D eigenvalue weighted by molar-refractivity contribution is 5.45. The summed E-state index contributed by atoms with van der Waals surface area (Å²) < 4.78 is 12.9. The summed E-state index contributed by atoms with van der Waals surface area (Å²) in [5.41, 5.74) is 3.02. The molecule has 1 aromatic heterocycles. The van der Waals surface area contributed by atoms with Crippen molar-refractivity contribution in [2.45, 2.75) is 33.0 Å². The lowest BCUT2D eigenvalue weighted by molar-refractivity contribution is 0.580. The quantitative estimate of drug-likeness (QED) is 0.883. The molecule has 2 aromatic rings. The second-order valence-corrected chi connectivity index (χ2v) is 5.49. The Balaban J connectivity index is 2.01. The number of hydrogen-bond donors (Lipinski definition) is 1. The Kier molecular flexibility index (Phi) is 5.28. The Morgan fingerprint density at radius 1 is 1.10 bits per heavy atom. The van der Waals surface area contributed by atoms with Crippen LogP contribution in [0.1, 0.15) is 25.2 Å². The van der Waals surface area contributed by atoms with Crippen LogP contribution in [-0.2, 0) is 13.1 Å². The predicted octanol–water partition coefficient (Wildman–Crippen LogP) is 3.36. The fraction of sp³-hybridized carbons (Fsp3) is 0.353. The van der Waals surface area contributed by atoms with Crippen molar-refractivity contribution in [1.29, 1.82) is 0 Å². The lowest BCUT2D eigenvalue weighted by atomic mass is 10.2. The molecule has 0 spiro atoms. The first-order valence-corrected chi connectivity index (χ1v) is 7.19. The molecule has 0 unspecified atom stereocenters. The molecule has 0 atom stereocenters. The van der Waals surface area contributed by atoms with Crippen molar-refractivity contribution >= 4 is 5.69 Å². The van der Waals surface area contributed by atoms with E-state index in [1.54, 1.807) is 12.1 Å². The molecule has 0 radical (unpaired) electrons. The van der Waals surface area contributed by atoms with Gasteiger partial charge in [0.1, 0.15) is 5.82 Å². The van der Waals surface area contributed by atoms with Crippen LogP contribution in [0.15, 0.2) is 42.5 Å². The molecule has 0 aliphatic heterocycles. The maximum absolute atomic E-state index is 12.9. The Morgan fingerprint density at radius 3 is 2.43 bits per heavy atom. The van der Waals surface area contributed by atoms with Gasteiger partial charge in [-0.25, -0.2) is 4.39 Å². The average Bonchev–Trinajstić information content (AvgIpc) is 2.46. The molecule has 1 N–H and O–H groups in total. The molecule has 1 aromatic carbocycles. The Morgan fingerprint density at radius 2 is 1.76 bits per heavy atom. The third kappa shape index (κ3) is 4.83. The van der Waals surface area contributed by atoms with Gasteiger partial charge in [0, 0.05) is 25.3 Å². The van der Waals surface area contributed by atoms with E-state index in [2.05, 4.69) is 29.0 Å². The Bertz CT molecular complexity index is 567. The number of pyridine rings is 1. The van der Waals surface area contributed by atoms with E-state index in [0.717, 1.165) is 23.6 Å². The molecule has 0 fully saturated rings. The highest BCUT2D eigenvalue weighted by Crippen LogP contribution is 2.15. The fourth-order valence-corrected chi connectivity index (χ4v) is 2.05. The van der Waals surface area contributed by atoms with Gasteiger partial charge in [0.15, 0.2) is 0 Å². The summed E-state index contributed by atoms with van der Waals surface area (Å²) in [5, 5.41) is 3.36. The van der Waals surface area contributed by atoms with Gasteiger partial charge in [-0.05, 0) is 36.4 Å². The second-order valence-electron chi connectivity index (χ2n) is 5.49. The molecular formula is C17H22FN3. The van der Waals surface area contributed by atoms with E-state index in [1.807, 2.05) is 25.2 Å². The van der Waals surface area contributed by atoms with Gasteiger partial charge < -0.3 is 10.2 Å². The Labute approximate surface area is 125 Å². The maximum atomic E-state index is 12.9. The lowest BCUT2D eigenvalue weighted by Crippen LogP contribution is -2.23. The molecule has 0 bridgehead atoms. The summed E-state index contributed by atoms with van der Waals surface area (Å²) in [4.78, 5) is 6.71. The average molecular weight is 287 g/mol. The highest BCUT2D eigenvalue weighted by atomic mass is 19.1. The number of nitrogens with zero attached hydrogens (tertiary/aromatic N) is 2. The number of rotatable bonds is 6. The number of hydrogen-bond acceptors (Lipinski definition) is 3. The Hall–Kier alpha value is -1.94. The molecule has 0 amide bonds. The van der Waals surface area contributed by atoms with Crippen molar-refractivity contribution < 1.29 is 4.39 Å². The summed E-state index contributed by atoms with van der Waals surface area (Å²) in [7, 11) is 1.98. The van der Waals surface area contributed by atoms with Crippen LogP contribution in [0.3, 0.4) is 0 Å². The zero-order valence-corrected chi connectivity index (χ0v) is 12.8. The lowest BCUT2D eigenvalue weighted by Gasteiger charge is -2.19. The van der Waals surface area contributed by atoms with E-state index in [0.29, 0.717) is 12.6 Å². The summed E-state index contributed by atoms with van der Waals surface area (Å²) in [6.45, 7) is 5.70. The molecule has 0 saturated carbocycles. The van der Waals surface area contributed by atoms with Gasteiger partial charge in [-0.1, -0.05) is 19.9 Å². The number of halogens is 1. The van der Waals surface area contributed by atoms with Gasteiger partial charge in [0.25, 0.3) is 0 Å².